The van der Waals surface area contributed by atoms with Crippen molar-refractivity contribution in [2.45, 2.75) is 39.2 Å². The minimum absolute atomic E-state index is 0.569. The van der Waals surface area contributed by atoms with Gasteiger partial charge >= 0.3 is 0 Å². The number of pyridine rings is 1. The Labute approximate surface area is 119 Å². The molecule has 0 bridgehead atoms. The Morgan fingerprint density at radius 2 is 2.20 bits per heavy atom. The van der Waals surface area contributed by atoms with Gasteiger partial charge in [0.25, 0.3) is 0 Å². The highest BCUT2D eigenvalue weighted by atomic mass is 15.3. The molecule has 5 heteroatoms. The van der Waals surface area contributed by atoms with Gasteiger partial charge in [0.1, 0.15) is 17.8 Å². The van der Waals surface area contributed by atoms with Crippen LogP contribution in [0.2, 0.25) is 0 Å². The zero-order valence-corrected chi connectivity index (χ0v) is 12.1. The molecule has 2 aromatic rings. The molecule has 0 saturated heterocycles. The van der Waals surface area contributed by atoms with Crippen LogP contribution in [0.5, 0.6) is 0 Å². The van der Waals surface area contributed by atoms with Crippen LogP contribution in [0.25, 0.3) is 11.5 Å². The molecular formula is C15H21N5. The Kier molecular flexibility index (Phi) is 3.67. The van der Waals surface area contributed by atoms with E-state index in [2.05, 4.69) is 38.9 Å². The van der Waals surface area contributed by atoms with Crippen molar-refractivity contribution in [3.8, 4) is 11.5 Å². The van der Waals surface area contributed by atoms with Crippen molar-refractivity contribution in [3.05, 3.63) is 24.5 Å². The monoisotopic (exact) mass is 271 g/mol. The fourth-order valence-electron chi connectivity index (χ4n) is 2.19. The fourth-order valence-corrected chi connectivity index (χ4v) is 2.19. The van der Waals surface area contributed by atoms with E-state index >= 15 is 0 Å². The summed E-state index contributed by atoms with van der Waals surface area (Å²) >= 11 is 0. The van der Waals surface area contributed by atoms with Crippen LogP contribution in [0.3, 0.4) is 0 Å². The van der Waals surface area contributed by atoms with E-state index in [1.54, 1.807) is 0 Å². The number of aromatic nitrogens is 4. The molecule has 2 aromatic heterocycles. The van der Waals surface area contributed by atoms with Gasteiger partial charge in [0, 0.05) is 12.6 Å². The Bertz CT molecular complexity index is 571. The summed E-state index contributed by atoms with van der Waals surface area (Å²) in [5.74, 6) is 2.48. The summed E-state index contributed by atoms with van der Waals surface area (Å²) in [5.41, 5.74) is 0.893. The molecule has 1 aliphatic carbocycles. The average Bonchev–Trinajstić information content (AvgIpc) is 3.16. The number of hydrogen-bond donors (Lipinski definition) is 1. The van der Waals surface area contributed by atoms with Crippen LogP contribution in [0.15, 0.2) is 24.5 Å². The summed E-state index contributed by atoms with van der Waals surface area (Å²) in [7, 11) is 0. The lowest BCUT2D eigenvalue weighted by molar-refractivity contribution is 0.606. The minimum Gasteiger partial charge on any atom is -0.370 e. The maximum Gasteiger partial charge on any atom is 0.182 e. The molecular weight excluding hydrogens is 250 g/mol. The Morgan fingerprint density at radius 1 is 1.35 bits per heavy atom. The molecule has 0 amide bonds. The molecule has 0 spiro atoms. The smallest absolute Gasteiger partial charge is 0.182 e. The molecule has 1 aliphatic rings. The minimum atomic E-state index is 0.569. The molecule has 5 nitrogen and oxygen atoms in total. The summed E-state index contributed by atoms with van der Waals surface area (Å²) in [6.45, 7) is 5.40. The second kappa shape index (κ2) is 5.61. The molecule has 0 unspecified atom stereocenters. The first-order valence-electron chi connectivity index (χ1n) is 7.35. The normalized spacial score (nSPS) is 14.8. The van der Waals surface area contributed by atoms with E-state index in [1.807, 2.05) is 24.5 Å². The van der Waals surface area contributed by atoms with Crippen molar-refractivity contribution in [2.24, 2.45) is 5.92 Å². The van der Waals surface area contributed by atoms with E-state index < -0.39 is 0 Å². The maximum absolute atomic E-state index is 4.65. The van der Waals surface area contributed by atoms with E-state index in [0.717, 1.165) is 30.3 Å². The van der Waals surface area contributed by atoms with Crippen LogP contribution in [-0.4, -0.2) is 26.3 Å². The Hall–Kier alpha value is -1.91. The molecule has 0 radical (unpaired) electrons. The molecule has 1 N–H and O–H groups in total. The lowest BCUT2D eigenvalue weighted by atomic mass is 10.1. The van der Waals surface area contributed by atoms with Crippen LogP contribution < -0.4 is 5.32 Å². The van der Waals surface area contributed by atoms with Gasteiger partial charge in [-0.25, -0.2) is 4.98 Å². The summed E-state index contributed by atoms with van der Waals surface area (Å²) in [4.78, 5) is 4.65. The fraction of sp³-hybridized carbons (Fsp3) is 0.533. The van der Waals surface area contributed by atoms with Gasteiger partial charge in [0.2, 0.25) is 0 Å². The first-order chi connectivity index (χ1) is 9.74. The van der Waals surface area contributed by atoms with Crippen molar-refractivity contribution in [1.82, 2.24) is 19.7 Å². The van der Waals surface area contributed by atoms with E-state index in [4.69, 9.17) is 0 Å². The largest absolute Gasteiger partial charge is 0.370 e. The number of hydrogen-bond acceptors (Lipinski definition) is 4. The SMILES string of the molecule is CC(C)CCNc1cccc(-c2nncn2C2CC2)n1. The third kappa shape index (κ3) is 2.98. The van der Waals surface area contributed by atoms with Crippen molar-refractivity contribution in [1.29, 1.82) is 0 Å². The third-order valence-electron chi connectivity index (χ3n) is 3.52. The van der Waals surface area contributed by atoms with Gasteiger partial charge in [-0.2, -0.15) is 0 Å². The zero-order valence-electron chi connectivity index (χ0n) is 12.1. The van der Waals surface area contributed by atoms with Gasteiger partial charge in [0.05, 0.1) is 0 Å². The lowest BCUT2D eigenvalue weighted by Gasteiger charge is -2.09. The van der Waals surface area contributed by atoms with Crippen LogP contribution in [0.1, 0.15) is 39.2 Å². The first kappa shape index (κ1) is 13.1. The molecule has 1 fully saturated rings. The van der Waals surface area contributed by atoms with Gasteiger partial charge in [-0.3, -0.25) is 0 Å². The summed E-state index contributed by atoms with van der Waals surface area (Å²) in [6, 6.07) is 6.59. The standard InChI is InChI=1S/C15H21N5/c1-11(2)8-9-16-14-5-3-4-13(18-14)15-19-17-10-20(15)12-6-7-12/h3-5,10-12H,6-9H2,1-2H3,(H,16,18). The average molecular weight is 271 g/mol. The van der Waals surface area contributed by atoms with Crippen molar-refractivity contribution < 1.29 is 0 Å². The molecule has 20 heavy (non-hydrogen) atoms. The first-order valence-corrected chi connectivity index (χ1v) is 7.35. The number of nitrogens with zero attached hydrogens (tertiary/aromatic N) is 4. The molecule has 1 saturated carbocycles. The van der Waals surface area contributed by atoms with Crippen LogP contribution >= 0.6 is 0 Å². The van der Waals surface area contributed by atoms with Gasteiger partial charge in [-0.15, -0.1) is 10.2 Å². The van der Waals surface area contributed by atoms with Gasteiger partial charge in [-0.05, 0) is 37.3 Å². The lowest BCUT2D eigenvalue weighted by Crippen LogP contribution is -2.07. The number of nitrogens with one attached hydrogen (secondary N) is 1. The molecule has 0 atom stereocenters. The summed E-state index contributed by atoms with van der Waals surface area (Å²) in [6.07, 6.45) is 5.40. The van der Waals surface area contributed by atoms with Gasteiger partial charge in [-0.1, -0.05) is 19.9 Å². The van der Waals surface area contributed by atoms with Gasteiger partial charge < -0.3 is 9.88 Å². The molecule has 2 heterocycles. The predicted octanol–water partition coefficient (Wildman–Crippen LogP) is 3.13. The predicted molar refractivity (Wildman–Crippen MR) is 79.5 cm³/mol. The Morgan fingerprint density at radius 3 is 2.95 bits per heavy atom. The van der Waals surface area contributed by atoms with Crippen molar-refractivity contribution >= 4 is 5.82 Å². The molecule has 0 aromatic carbocycles. The molecule has 0 aliphatic heterocycles. The summed E-state index contributed by atoms with van der Waals surface area (Å²) < 4.78 is 2.14. The number of anilines is 1. The zero-order chi connectivity index (χ0) is 13.9. The highest BCUT2D eigenvalue weighted by molar-refractivity contribution is 5.53. The van der Waals surface area contributed by atoms with E-state index in [1.165, 1.54) is 12.8 Å². The second-order valence-electron chi connectivity index (χ2n) is 5.81. The van der Waals surface area contributed by atoms with Crippen LogP contribution in [0.4, 0.5) is 5.82 Å². The highest BCUT2D eigenvalue weighted by Crippen LogP contribution is 2.37. The summed E-state index contributed by atoms with van der Waals surface area (Å²) in [5, 5.41) is 11.6. The molecule has 3 rings (SSSR count). The topological polar surface area (TPSA) is 55.6 Å². The van der Waals surface area contributed by atoms with Crippen LogP contribution in [0, 0.1) is 5.92 Å². The van der Waals surface area contributed by atoms with Crippen LogP contribution in [-0.2, 0) is 0 Å². The third-order valence-corrected chi connectivity index (χ3v) is 3.52. The quantitative estimate of drug-likeness (QED) is 0.877. The molecule has 106 valence electrons. The number of rotatable bonds is 6. The van der Waals surface area contributed by atoms with Gasteiger partial charge in [0.15, 0.2) is 5.82 Å². The van der Waals surface area contributed by atoms with E-state index in [0.29, 0.717) is 12.0 Å². The highest BCUT2D eigenvalue weighted by Gasteiger charge is 2.26. The Balaban J connectivity index is 1.75. The van der Waals surface area contributed by atoms with Crippen molar-refractivity contribution in [3.63, 3.8) is 0 Å². The van der Waals surface area contributed by atoms with E-state index in [-0.39, 0.29) is 0 Å². The van der Waals surface area contributed by atoms with Crippen molar-refractivity contribution in [2.75, 3.05) is 11.9 Å². The van der Waals surface area contributed by atoms with E-state index in [9.17, 15) is 0 Å². The maximum atomic E-state index is 4.65. The second-order valence-corrected chi connectivity index (χ2v) is 5.81.